The minimum atomic E-state index is -0.674. The molecule has 1 heterocycles. The molecule has 1 aliphatic rings. The van der Waals surface area contributed by atoms with Crippen molar-refractivity contribution >= 4 is 0 Å². The Bertz CT molecular complexity index is 328. The third kappa shape index (κ3) is 2.82. The number of aliphatic hydroxyl groups is 1. The first-order chi connectivity index (χ1) is 7.72. The lowest BCUT2D eigenvalue weighted by molar-refractivity contribution is -0.0257. The Morgan fingerprint density at radius 2 is 2.06 bits per heavy atom. The third-order valence-corrected chi connectivity index (χ3v) is 3.26. The first-order valence-electron chi connectivity index (χ1n) is 5.91. The zero-order chi connectivity index (χ0) is 11.4. The van der Waals surface area contributed by atoms with E-state index < -0.39 is 5.60 Å². The molecular formula is C13H20N2O. The van der Waals surface area contributed by atoms with Crippen LogP contribution in [-0.4, -0.2) is 35.2 Å². The largest absolute Gasteiger partial charge is 0.387 e. The van der Waals surface area contributed by atoms with Gasteiger partial charge in [-0.15, -0.1) is 0 Å². The summed E-state index contributed by atoms with van der Waals surface area (Å²) < 4.78 is 0. The molecule has 16 heavy (non-hydrogen) atoms. The lowest BCUT2D eigenvalue weighted by atomic mass is 9.93. The molecule has 3 nitrogen and oxygen atoms in total. The summed E-state index contributed by atoms with van der Waals surface area (Å²) in [5.41, 5.74) is 6.24. The minimum absolute atomic E-state index is 0.359. The molecule has 0 unspecified atom stereocenters. The fourth-order valence-electron chi connectivity index (χ4n) is 2.35. The van der Waals surface area contributed by atoms with Gasteiger partial charge in [0, 0.05) is 19.6 Å². The number of hydrogen-bond donors (Lipinski definition) is 2. The smallest absolute Gasteiger partial charge is 0.0896 e. The molecule has 1 fully saturated rings. The van der Waals surface area contributed by atoms with E-state index in [1.165, 1.54) is 5.56 Å². The van der Waals surface area contributed by atoms with Crippen LogP contribution in [0.1, 0.15) is 18.4 Å². The van der Waals surface area contributed by atoms with E-state index in [1.807, 2.05) is 6.07 Å². The van der Waals surface area contributed by atoms with Crippen molar-refractivity contribution in [2.24, 2.45) is 5.73 Å². The first kappa shape index (κ1) is 11.6. The van der Waals surface area contributed by atoms with Gasteiger partial charge in [-0.2, -0.15) is 0 Å². The molecule has 1 aliphatic heterocycles. The van der Waals surface area contributed by atoms with Crippen molar-refractivity contribution in [1.82, 2.24) is 4.90 Å². The second kappa shape index (κ2) is 4.95. The summed E-state index contributed by atoms with van der Waals surface area (Å²) in [6.07, 6.45) is 1.86. The van der Waals surface area contributed by atoms with E-state index in [2.05, 4.69) is 29.2 Å². The Kier molecular flexibility index (Phi) is 3.59. The summed E-state index contributed by atoms with van der Waals surface area (Å²) in [5.74, 6) is 0. The van der Waals surface area contributed by atoms with Crippen LogP contribution in [0.2, 0.25) is 0 Å². The van der Waals surface area contributed by atoms with E-state index in [9.17, 15) is 5.11 Å². The molecule has 3 heteroatoms. The number of hydrogen-bond acceptors (Lipinski definition) is 3. The predicted molar refractivity (Wildman–Crippen MR) is 65.0 cm³/mol. The molecular weight excluding hydrogens is 200 g/mol. The predicted octanol–water partition coefficient (Wildman–Crippen LogP) is 0.972. The molecule has 0 radical (unpaired) electrons. The molecule has 2 rings (SSSR count). The summed E-state index contributed by atoms with van der Waals surface area (Å²) in [4.78, 5) is 2.28. The number of piperidine rings is 1. The van der Waals surface area contributed by atoms with Crippen molar-refractivity contribution in [3.05, 3.63) is 35.9 Å². The van der Waals surface area contributed by atoms with Gasteiger partial charge in [0.15, 0.2) is 0 Å². The van der Waals surface area contributed by atoms with E-state index in [-0.39, 0.29) is 0 Å². The molecule has 1 atom stereocenters. The summed E-state index contributed by atoms with van der Waals surface area (Å²) >= 11 is 0. The number of rotatable bonds is 3. The van der Waals surface area contributed by atoms with E-state index >= 15 is 0 Å². The van der Waals surface area contributed by atoms with Gasteiger partial charge in [-0.1, -0.05) is 30.3 Å². The number of benzene rings is 1. The van der Waals surface area contributed by atoms with Crippen LogP contribution in [0.4, 0.5) is 0 Å². The van der Waals surface area contributed by atoms with Gasteiger partial charge < -0.3 is 10.8 Å². The quantitative estimate of drug-likeness (QED) is 0.798. The fraction of sp³-hybridized carbons (Fsp3) is 0.538. The SMILES string of the molecule is NC[C@]1(O)CCCN(Cc2ccccc2)C1. The van der Waals surface area contributed by atoms with Crippen molar-refractivity contribution in [1.29, 1.82) is 0 Å². The zero-order valence-electron chi connectivity index (χ0n) is 9.60. The standard InChI is InChI=1S/C13H20N2O/c14-10-13(16)7-4-8-15(11-13)9-12-5-2-1-3-6-12/h1-3,5-6,16H,4,7-11,14H2/t13-/m1/s1. The van der Waals surface area contributed by atoms with Crippen LogP contribution in [0, 0.1) is 0 Å². The Balaban J connectivity index is 1.96. The van der Waals surface area contributed by atoms with Gasteiger partial charge in [-0.25, -0.2) is 0 Å². The summed E-state index contributed by atoms with van der Waals surface area (Å²) in [7, 11) is 0. The molecule has 88 valence electrons. The van der Waals surface area contributed by atoms with Crippen molar-refractivity contribution in [3.8, 4) is 0 Å². The highest BCUT2D eigenvalue weighted by atomic mass is 16.3. The average molecular weight is 220 g/mol. The summed E-state index contributed by atoms with van der Waals surface area (Å²) in [6.45, 7) is 3.01. The van der Waals surface area contributed by atoms with Crippen molar-refractivity contribution in [2.75, 3.05) is 19.6 Å². The molecule has 0 spiro atoms. The summed E-state index contributed by atoms with van der Waals surface area (Å²) in [5, 5.41) is 10.2. The van der Waals surface area contributed by atoms with Crippen molar-refractivity contribution in [2.45, 2.75) is 25.0 Å². The fourth-order valence-corrected chi connectivity index (χ4v) is 2.35. The Labute approximate surface area is 96.9 Å². The number of likely N-dealkylation sites (tertiary alicyclic amines) is 1. The maximum atomic E-state index is 10.2. The lowest BCUT2D eigenvalue weighted by Crippen LogP contribution is -2.52. The summed E-state index contributed by atoms with van der Waals surface area (Å²) in [6, 6.07) is 10.4. The highest BCUT2D eigenvalue weighted by molar-refractivity contribution is 5.14. The van der Waals surface area contributed by atoms with E-state index in [0.717, 1.165) is 25.9 Å². The maximum absolute atomic E-state index is 10.2. The van der Waals surface area contributed by atoms with Crippen LogP contribution in [-0.2, 0) is 6.54 Å². The van der Waals surface area contributed by atoms with E-state index in [4.69, 9.17) is 5.73 Å². The number of β-amino-alcohol motifs (C(OH)–C–C–N with tert-alkyl or cyclic N) is 1. The normalized spacial score (nSPS) is 26.9. The molecule has 1 aromatic carbocycles. The Morgan fingerprint density at radius 3 is 2.75 bits per heavy atom. The maximum Gasteiger partial charge on any atom is 0.0896 e. The zero-order valence-corrected chi connectivity index (χ0v) is 9.60. The molecule has 3 N–H and O–H groups in total. The van der Waals surface area contributed by atoms with Crippen molar-refractivity contribution < 1.29 is 5.11 Å². The molecule has 0 aliphatic carbocycles. The second-order valence-electron chi connectivity index (χ2n) is 4.73. The minimum Gasteiger partial charge on any atom is -0.387 e. The Hall–Kier alpha value is -0.900. The van der Waals surface area contributed by atoms with Crippen LogP contribution in [0.3, 0.4) is 0 Å². The number of nitrogens with two attached hydrogens (primary N) is 1. The highest BCUT2D eigenvalue weighted by Crippen LogP contribution is 2.21. The van der Waals surface area contributed by atoms with E-state index in [0.29, 0.717) is 13.1 Å². The molecule has 0 aromatic heterocycles. The van der Waals surface area contributed by atoms with Crippen LogP contribution in [0.5, 0.6) is 0 Å². The van der Waals surface area contributed by atoms with Gasteiger partial charge in [0.25, 0.3) is 0 Å². The molecule has 1 aromatic rings. The number of nitrogens with zero attached hydrogens (tertiary/aromatic N) is 1. The van der Waals surface area contributed by atoms with E-state index in [1.54, 1.807) is 0 Å². The molecule has 1 saturated heterocycles. The van der Waals surface area contributed by atoms with Crippen molar-refractivity contribution in [3.63, 3.8) is 0 Å². The highest BCUT2D eigenvalue weighted by Gasteiger charge is 2.31. The van der Waals surface area contributed by atoms with Gasteiger partial charge in [0.05, 0.1) is 5.60 Å². The first-order valence-corrected chi connectivity index (χ1v) is 5.91. The molecule has 0 saturated carbocycles. The molecule has 0 bridgehead atoms. The van der Waals surface area contributed by atoms with Gasteiger partial charge >= 0.3 is 0 Å². The van der Waals surface area contributed by atoms with Crippen LogP contribution in [0.25, 0.3) is 0 Å². The van der Waals surface area contributed by atoms with Gasteiger partial charge in [-0.05, 0) is 24.9 Å². The average Bonchev–Trinajstić information content (AvgIpc) is 2.30. The van der Waals surface area contributed by atoms with Crippen LogP contribution >= 0.6 is 0 Å². The van der Waals surface area contributed by atoms with Gasteiger partial charge in [0.1, 0.15) is 0 Å². The van der Waals surface area contributed by atoms with Gasteiger partial charge in [-0.3, -0.25) is 4.90 Å². The topological polar surface area (TPSA) is 49.5 Å². The molecule has 0 amide bonds. The van der Waals surface area contributed by atoms with Gasteiger partial charge in [0.2, 0.25) is 0 Å². The van der Waals surface area contributed by atoms with Crippen LogP contribution in [0.15, 0.2) is 30.3 Å². The second-order valence-corrected chi connectivity index (χ2v) is 4.73. The lowest BCUT2D eigenvalue weighted by Gasteiger charge is -2.38. The van der Waals surface area contributed by atoms with Crippen LogP contribution < -0.4 is 5.73 Å². The Morgan fingerprint density at radius 1 is 1.31 bits per heavy atom. The monoisotopic (exact) mass is 220 g/mol. The third-order valence-electron chi connectivity index (χ3n) is 3.26.